The molecule has 0 saturated heterocycles. The highest BCUT2D eigenvalue weighted by Gasteiger charge is 2.31. The van der Waals surface area contributed by atoms with E-state index in [0.717, 1.165) is 38.5 Å². The van der Waals surface area contributed by atoms with Crippen LogP contribution in [0.2, 0.25) is 5.02 Å². The standard InChI is InChI=1S/C37H38ClN3O6S/c1-36(2,3)48-34-31-20-30(45-24-29-11-6-7-18-39-29)16-17-32(31)40(22-25-12-14-28(38)15-13-25)33(34)21-37(4,5)47-35(42)27-10-8-9-26(19-27)23-46-41(43)44/h6-20H,21-24H2,1-5H3. The van der Waals surface area contributed by atoms with Crippen molar-refractivity contribution < 1.29 is 24.2 Å². The highest BCUT2D eigenvalue weighted by atomic mass is 35.5. The van der Waals surface area contributed by atoms with Crippen LogP contribution in [0, 0.1) is 10.1 Å². The lowest BCUT2D eigenvalue weighted by Gasteiger charge is -2.28. The van der Waals surface area contributed by atoms with Gasteiger partial charge in [-0.25, -0.2) is 4.79 Å². The largest absolute Gasteiger partial charge is 0.487 e. The molecule has 2 aromatic heterocycles. The summed E-state index contributed by atoms with van der Waals surface area (Å²) in [5.41, 5.74) is 3.80. The van der Waals surface area contributed by atoms with E-state index in [0.29, 0.717) is 30.2 Å². The van der Waals surface area contributed by atoms with Crippen molar-refractivity contribution in [3.8, 4) is 5.75 Å². The number of aromatic nitrogens is 2. The molecule has 250 valence electrons. The Morgan fingerprint density at radius 2 is 1.71 bits per heavy atom. The van der Waals surface area contributed by atoms with Crippen molar-refractivity contribution in [3.05, 3.63) is 134 Å². The van der Waals surface area contributed by atoms with Crippen LogP contribution in [0.1, 0.15) is 67.5 Å². The fraction of sp³-hybridized carbons (Fsp3) is 0.297. The zero-order valence-corrected chi connectivity index (χ0v) is 29.1. The van der Waals surface area contributed by atoms with Gasteiger partial charge in [0.1, 0.15) is 24.6 Å². The third-order valence-corrected chi connectivity index (χ3v) is 8.85. The van der Waals surface area contributed by atoms with E-state index in [1.165, 1.54) is 0 Å². The van der Waals surface area contributed by atoms with Gasteiger partial charge < -0.3 is 18.9 Å². The maximum atomic E-state index is 13.4. The molecule has 0 amide bonds. The first-order valence-corrected chi connectivity index (χ1v) is 16.7. The van der Waals surface area contributed by atoms with E-state index >= 15 is 0 Å². The van der Waals surface area contributed by atoms with Gasteiger partial charge in [0.05, 0.1) is 11.3 Å². The number of halogens is 1. The average molecular weight is 688 g/mol. The third kappa shape index (κ3) is 9.29. The van der Waals surface area contributed by atoms with Crippen LogP contribution in [0.3, 0.4) is 0 Å². The monoisotopic (exact) mass is 687 g/mol. The van der Waals surface area contributed by atoms with Gasteiger partial charge in [-0.05, 0) is 79.6 Å². The zero-order chi connectivity index (χ0) is 34.5. The molecule has 0 saturated carbocycles. The van der Waals surface area contributed by atoms with E-state index in [1.54, 1.807) is 42.2 Å². The Kier molecular flexibility index (Phi) is 10.7. The fourth-order valence-corrected chi connectivity index (χ4v) is 6.61. The minimum absolute atomic E-state index is 0.133. The molecule has 48 heavy (non-hydrogen) atoms. The van der Waals surface area contributed by atoms with E-state index in [4.69, 9.17) is 21.1 Å². The van der Waals surface area contributed by atoms with Crippen LogP contribution in [0.4, 0.5) is 0 Å². The molecule has 5 rings (SSSR count). The summed E-state index contributed by atoms with van der Waals surface area (Å²) in [6.07, 6.45) is 2.16. The molecule has 2 heterocycles. The number of nitrogens with zero attached hydrogens (tertiary/aromatic N) is 3. The Morgan fingerprint density at radius 1 is 0.938 bits per heavy atom. The Morgan fingerprint density at radius 3 is 2.40 bits per heavy atom. The summed E-state index contributed by atoms with van der Waals surface area (Å²) in [6, 6.07) is 26.1. The molecule has 0 unspecified atom stereocenters. The van der Waals surface area contributed by atoms with Crippen LogP contribution >= 0.6 is 23.4 Å². The van der Waals surface area contributed by atoms with Gasteiger partial charge >= 0.3 is 5.97 Å². The third-order valence-electron chi connectivity index (χ3n) is 7.33. The van der Waals surface area contributed by atoms with Gasteiger partial charge in [0.15, 0.2) is 0 Å². The van der Waals surface area contributed by atoms with Gasteiger partial charge in [0.25, 0.3) is 5.09 Å². The second-order valence-electron chi connectivity index (χ2n) is 13.0. The zero-order valence-electron chi connectivity index (χ0n) is 27.6. The lowest BCUT2D eigenvalue weighted by molar-refractivity contribution is -0.763. The summed E-state index contributed by atoms with van der Waals surface area (Å²) < 4.78 is 14.5. The van der Waals surface area contributed by atoms with Crippen LogP contribution in [0.5, 0.6) is 5.75 Å². The lowest BCUT2D eigenvalue weighted by Crippen LogP contribution is -2.32. The van der Waals surface area contributed by atoms with E-state index < -0.39 is 16.7 Å². The molecule has 0 aliphatic rings. The number of esters is 1. The normalized spacial score (nSPS) is 11.8. The maximum Gasteiger partial charge on any atom is 0.338 e. The van der Waals surface area contributed by atoms with Crippen molar-refractivity contribution in [2.45, 2.75) is 76.0 Å². The van der Waals surface area contributed by atoms with Gasteiger partial charge in [0, 0.05) is 50.4 Å². The summed E-state index contributed by atoms with van der Waals surface area (Å²) in [6.45, 7) is 11.0. The average Bonchev–Trinajstić information content (AvgIpc) is 3.29. The summed E-state index contributed by atoms with van der Waals surface area (Å²) >= 11 is 7.98. The SMILES string of the molecule is CC(C)(Cc1c(SC(C)(C)C)c2cc(OCc3ccccn3)ccc2n1Cc1ccc(Cl)cc1)OC(=O)c1cccc(CO[N+](=O)[O-])c1. The molecule has 0 aliphatic heterocycles. The van der Waals surface area contributed by atoms with Gasteiger partial charge in [-0.15, -0.1) is 21.9 Å². The Balaban J connectivity index is 1.53. The minimum atomic E-state index is -0.929. The Bertz CT molecular complexity index is 1900. The first-order valence-electron chi connectivity index (χ1n) is 15.5. The van der Waals surface area contributed by atoms with Crippen LogP contribution in [0.25, 0.3) is 10.9 Å². The summed E-state index contributed by atoms with van der Waals surface area (Å²) in [5.74, 6) is 0.198. The molecule has 11 heteroatoms. The molecule has 0 atom stereocenters. The number of fused-ring (bicyclic) bond motifs is 1. The van der Waals surface area contributed by atoms with E-state index in [2.05, 4.69) is 47.3 Å². The number of benzene rings is 3. The second-order valence-corrected chi connectivity index (χ2v) is 15.3. The number of hydrogen-bond acceptors (Lipinski definition) is 8. The van der Waals surface area contributed by atoms with Crippen molar-refractivity contribution in [1.29, 1.82) is 0 Å². The molecule has 0 spiro atoms. The first-order chi connectivity index (χ1) is 22.8. The Labute approximate surface area is 289 Å². The van der Waals surface area contributed by atoms with Gasteiger partial charge in [-0.1, -0.05) is 62.7 Å². The number of thioether (sulfide) groups is 1. The molecule has 3 aromatic carbocycles. The first kappa shape index (κ1) is 34.8. The smallest absolute Gasteiger partial charge is 0.338 e. The van der Waals surface area contributed by atoms with Crippen LogP contribution in [-0.4, -0.2) is 31.0 Å². The van der Waals surface area contributed by atoms with Gasteiger partial charge in [-0.3, -0.25) is 4.98 Å². The molecule has 5 aromatic rings. The van der Waals surface area contributed by atoms with Crippen LogP contribution in [0.15, 0.2) is 96.0 Å². The Hall–Kier alpha value is -4.54. The summed E-state index contributed by atoms with van der Waals surface area (Å²) in [7, 11) is 0. The van der Waals surface area contributed by atoms with E-state index in [9.17, 15) is 14.9 Å². The number of carbonyl (C=O) groups is 1. The van der Waals surface area contributed by atoms with E-state index in [1.807, 2.05) is 62.4 Å². The fourth-order valence-electron chi connectivity index (χ4n) is 5.30. The quantitative estimate of drug-likeness (QED) is 0.0522. The van der Waals surface area contributed by atoms with Crippen LogP contribution < -0.4 is 4.74 Å². The number of hydrogen-bond donors (Lipinski definition) is 0. The number of rotatable bonds is 13. The van der Waals surface area contributed by atoms with Gasteiger partial charge in [0.2, 0.25) is 0 Å². The molecule has 0 radical (unpaired) electrons. The van der Waals surface area contributed by atoms with Crippen molar-refractivity contribution in [2.75, 3.05) is 0 Å². The lowest BCUT2D eigenvalue weighted by atomic mass is 10.0. The number of pyridine rings is 1. The molecular weight excluding hydrogens is 650 g/mol. The molecule has 0 N–H and O–H groups in total. The molecule has 9 nitrogen and oxygen atoms in total. The van der Waals surface area contributed by atoms with Gasteiger partial charge in [-0.2, -0.15) is 0 Å². The predicted octanol–water partition coefficient (Wildman–Crippen LogP) is 9.09. The predicted molar refractivity (Wildman–Crippen MR) is 188 cm³/mol. The highest BCUT2D eigenvalue weighted by molar-refractivity contribution is 8.00. The molecule has 0 fully saturated rings. The number of ether oxygens (including phenoxy) is 2. The van der Waals surface area contributed by atoms with Crippen molar-refractivity contribution in [3.63, 3.8) is 0 Å². The summed E-state index contributed by atoms with van der Waals surface area (Å²) in [4.78, 5) is 34.0. The van der Waals surface area contributed by atoms with Crippen molar-refractivity contribution in [2.24, 2.45) is 0 Å². The topological polar surface area (TPSA) is 106 Å². The number of carbonyl (C=O) groups excluding carboxylic acids is 1. The molecule has 0 bridgehead atoms. The minimum Gasteiger partial charge on any atom is -0.487 e. The van der Waals surface area contributed by atoms with Crippen LogP contribution in [-0.2, 0) is 35.8 Å². The van der Waals surface area contributed by atoms with Crippen molar-refractivity contribution >= 4 is 40.2 Å². The molecule has 0 aliphatic carbocycles. The maximum absolute atomic E-state index is 13.4. The van der Waals surface area contributed by atoms with Crippen molar-refractivity contribution in [1.82, 2.24) is 9.55 Å². The second kappa shape index (κ2) is 14.7. The highest BCUT2D eigenvalue weighted by Crippen LogP contribution is 2.44. The molecular formula is C37H38ClN3O6S. The van der Waals surface area contributed by atoms with E-state index in [-0.39, 0.29) is 16.9 Å². The summed E-state index contributed by atoms with van der Waals surface area (Å²) in [5, 5.41) is 11.5.